The van der Waals surface area contributed by atoms with Gasteiger partial charge in [-0.05, 0) is 18.6 Å². The number of rotatable bonds is 4. The van der Waals surface area contributed by atoms with Gasteiger partial charge in [-0.25, -0.2) is 4.98 Å². The molecule has 11 heteroatoms. The summed E-state index contributed by atoms with van der Waals surface area (Å²) < 4.78 is 41.5. The van der Waals surface area contributed by atoms with E-state index in [0.717, 1.165) is 0 Å². The van der Waals surface area contributed by atoms with Crippen LogP contribution in [0.2, 0.25) is 0 Å². The number of benzene rings is 1. The first-order valence-corrected chi connectivity index (χ1v) is 9.01. The minimum atomic E-state index is -4.26. The zero-order valence-corrected chi connectivity index (χ0v) is 15.2. The van der Waals surface area contributed by atoms with Crippen molar-refractivity contribution in [3.8, 4) is 0 Å². The summed E-state index contributed by atoms with van der Waals surface area (Å²) in [7, 11) is 0. The zero-order chi connectivity index (χ0) is 20.6. The van der Waals surface area contributed by atoms with E-state index in [1.807, 2.05) is 0 Å². The Bertz CT molecular complexity index is 1120. The number of nitrogens with zero attached hydrogens (tertiary/aromatic N) is 5. The molecule has 1 aliphatic heterocycles. The van der Waals surface area contributed by atoms with Crippen LogP contribution in [0.3, 0.4) is 0 Å². The summed E-state index contributed by atoms with van der Waals surface area (Å²) in [5.41, 5.74) is 0.213. The molecule has 0 fully saturated rings. The average Bonchev–Trinajstić information content (AvgIpc) is 3.10. The smallest absolute Gasteiger partial charge is 0.347 e. The van der Waals surface area contributed by atoms with Gasteiger partial charge in [0.05, 0.1) is 29.7 Å². The number of fused-ring (bicyclic) bond motifs is 2. The molecule has 152 valence electrons. The minimum Gasteiger partial charge on any atom is -0.347 e. The number of para-hydroxylation sites is 1. The summed E-state index contributed by atoms with van der Waals surface area (Å²) in [5.74, 6) is -1.21. The zero-order valence-electron chi connectivity index (χ0n) is 15.2. The summed E-state index contributed by atoms with van der Waals surface area (Å²) >= 11 is 0. The molecule has 0 saturated carbocycles. The monoisotopic (exact) mass is 406 g/mol. The minimum absolute atomic E-state index is 0.0122. The van der Waals surface area contributed by atoms with E-state index in [0.29, 0.717) is 16.7 Å². The third kappa shape index (κ3) is 3.84. The molecule has 0 bridgehead atoms. The summed E-state index contributed by atoms with van der Waals surface area (Å²) in [6.07, 6.45) is -3.22. The second kappa shape index (κ2) is 7.30. The van der Waals surface area contributed by atoms with E-state index in [4.69, 9.17) is 0 Å². The first kappa shape index (κ1) is 19.1. The highest BCUT2D eigenvalue weighted by atomic mass is 19.4. The summed E-state index contributed by atoms with van der Waals surface area (Å²) in [6.45, 7) is -0.0716. The van der Waals surface area contributed by atoms with Crippen LogP contribution in [0.1, 0.15) is 18.1 Å². The molecule has 4 rings (SSSR count). The van der Waals surface area contributed by atoms with Gasteiger partial charge in [0.25, 0.3) is 5.56 Å². The van der Waals surface area contributed by atoms with E-state index < -0.39 is 18.0 Å². The lowest BCUT2D eigenvalue weighted by Gasteiger charge is -2.25. The molecule has 2 aromatic heterocycles. The lowest BCUT2D eigenvalue weighted by molar-refractivity contribution is -0.179. The Hall–Kier alpha value is -3.24. The number of carbonyl (C=O) groups is 1. The van der Waals surface area contributed by atoms with Crippen LogP contribution in [0.25, 0.3) is 10.9 Å². The maximum atomic E-state index is 12.9. The quantitative estimate of drug-likeness (QED) is 0.707. The van der Waals surface area contributed by atoms with Crippen molar-refractivity contribution in [2.24, 2.45) is 5.92 Å². The Morgan fingerprint density at radius 1 is 1.24 bits per heavy atom. The van der Waals surface area contributed by atoms with Crippen molar-refractivity contribution in [1.82, 2.24) is 29.6 Å². The molecule has 8 nitrogen and oxygen atoms in total. The van der Waals surface area contributed by atoms with Crippen LogP contribution < -0.4 is 10.9 Å². The maximum absolute atomic E-state index is 12.9. The fraction of sp³-hybridized carbons (Fsp3) is 0.389. The summed E-state index contributed by atoms with van der Waals surface area (Å²) in [5, 5.41) is 10.8. The molecule has 1 atom stereocenters. The molecule has 29 heavy (non-hydrogen) atoms. The Morgan fingerprint density at radius 3 is 2.83 bits per heavy atom. The van der Waals surface area contributed by atoms with Crippen molar-refractivity contribution in [3.63, 3.8) is 0 Å². The SMILES string of the molecule is O=C(Cn1cnc2ccccc2c1=O)NCc1nnc2n1CC[C@H](C(F)(F)F)C2. The predicted molar refractivity (Wildman–Crippen MR) is 95.7 cm³/mol. The highest BCUT2D eigenvalue weighted by Crippen LogP contribution is 2.34. The number of alkyl halides is 3. The summed E-state index contributed by atoms with van der Waals surface area (Å²) in [6, 6.07) is 6.82. The van der Waals surface area contributed by atoms with Crippen LogP contribution in [0, 0.1) is 5.92 Å². The number of amides is 1. The molecule has 3 aromatic rings. The topological polar surface area (TPSA) is 94.7 Å². The van der Waals surface area contributed by atoms with Gasteiger partial charge in [0.2, 0.25) is 5.91 Å². The van der Waals surface area contributed by atoms with E-state index >= 15 is 0 Å². The third-order valence-corrected chi connectivity index (χ3v) is 4.99. The van der Waals surface area contributed by atoms with Crippen LogP contribution in [-0.4, -0.2) is 36.4 Å². The van der Waals surface area contributed by atoms with Crippen molar-refractivity contribution in [2.75, 3.05) is 0 Å². The lowest BCUT2D eigenvalue weighted by Crippen LogP contribution is -2.34. The molecule has 1 amide bonds. The van der Waals surface area contributed by atoms with E-state index in [2.05, 4.69) is 20.5 Å². The first-order chi connectivity index (χ1) is 13.8. The molecule has 0 saturated heterocycles. The fourth-order valence-corrected chi connectivity index (χ4v) is 3.41. The number of halogens is 3. The van der Waals surface area contributed by atoms with Gasteiger partial charge in [0.15, 0.2) is 5.82 Å². The Kier molecular flexibility index (Phi) is 4.81. The van der Waals surface area contributed by atoms with Gasteiger partial charge in [-0.15, -0.1) is 10.2 Å². The Balaban J connectivity index is 1.41. The van der Waals surface area contributed by atoms with E-state index in [1.165, 1.54) is 10.9 Å². The van der Waals surface area contributed by atoms with Crippen molar-refractivity contribution in [3.05, 3.63) is 52.6 Å². The normalized spacial score (nSPS) is 16.6. The van der Waals surface area contributed by atoms with Crippen LogP contribution in [-0.2, 0) is 30.8 Å². The van der Waals surface area contributed by atoms with Crippen LogP contribution >= 0.6 is 0 Å². The predicted octanol–water partition coefficient (Wildman–Crippen LogP) is 1.43. The van der Waals surface area contributed by atoms with Gasteiger partial charge in [-0.1, -0.05) is 12.1 Å². The summed E-state index contributed by atoms with van der Waals surface area (Å²) in [4.78, 5) is 28.8. The Labute approximate surface area is 162 Å². The van der Waals surface area contributed by atoms with Crippen molar-refractivity contribution >= 4 is 16.8 Å². The van der Waals surface area contributed by atoms with E-state index in [9.17, 15) is 22.8 Å². The van der Waals surface area contributed by atoms with Crippen LogP contribution in [0.5, 0.6) is 0 Å². The second-order valence-electron chi connectivity index (χ2n) is 6.89. The molecule has 0 spiro atoms. The molecule has 0 aliphatic carbocycles. The first-order valence-electron chi connectivity index (χ1n) is 9.01. The molecule has 1 aliphatic rings. The molecule has 0 unspecified atom stereocenters. The number of carbonyl (C=O) groups excluding carboxylic acids is 1. The number of aromatic nitrogens is 5. The molecule has 0 radical (unpaired) electrons. The van der Waals surface area contributed by atoms with Gasteiger partial charge >= 0.3 is 6.18 Å². The molecule has 1 N–H and O–H groups in total. The van der Waals surface area contributed by atoms with Crippen molar-refractivity contribution in [1.29, 1.82) is 0 Å². The second-order valence-corrected chi connectivity index (χ2v) is 6.89. The molecular formula is C18H17F3N6O2. The lowest BCUT2D eigenvalue weighted by atomic mass is 9.97. The van der Waals surface area contributed by atoms with Gasteiger partial charge in [0.1, 0.15) is 12.4 Å². The number of hydrogen-bond acceptors (Lipinski definition) is 5. The number of nitrogens with one attached hydrogen (secondary N) is 1. The number of hydrogen-bond donors (Lipinski definition) is 1. The van der Waals surface area contributed by atoms with Gasteiger partial charge in [-0.2, -0.15) is 13.2 Å². The highest BCUT2D eigenvalue weighted by molar-refractivity contribution is 5.78. The average molecular weight is 406 g/mol. The van der Waals surface area contributed by atoms with Crippen LogP contribution in [0.4, 0.5) is 13.2 Å². The third-order valence-electron chi connectivity index (χ3n) is 4.99. The van der Waals surface area contributed by atoms with E-state index in [-0.39, 0.29) is 43.9 Å². The van der Waals surface area contributed by atoms with Crippen LogP contribution in [0.15, 0.2) is 35.4 Å². The highest BCUT2D eigenvalue weighted by Gasteiger charge is 2.42. The van der Waals surface area contributed by atoms with E-state index in [1.54, 1.807) is 28.8 Å². The Morgan fingerprint density at radius 2 is 2.03 bits per heavy atom. The van der Waals surface area contributed by atoms with Gasteiger partial charge < -0.3 is 9.88 Å². The maximum Gasteiger partial charge on any atom is 0.392 e. The van der Waals surface area contributed by atoms with Crippen molar-refractivity contribution in [2.45, 2.75) is 38.7 Å². The molecular weight excluding hydrogens is 389 g/mol. The van der Waals surface area contributed by atoms with Gasteiger partial charge in [0, 0.05) is 13.0 Å². The van der Waals surface area contributed by atoms with Gasteiger partial charge in [-0.3, -0.25) is 14.2 Å². The largest absolute Gasteiger partial charge is 0.392 e. The molecule has 3 heterocycles. The standard InChI is InChI=1S/C18H17F3N6O2/c19-18(20,21)11-5-6-27-14(7-11)24-25-15(27)8-22-16(28)9-26-10-23-13-4-2-1-3-12(13)17(26)29/h1-4,10-11H,5-9H2,(H,22,28)/t11-/m0/s1. The fourth-order valence-electron chi connectivity index (χ4n) is 3.41. The molecule has 1 aromatic carbocycles. The van der Waals surface area contributed by atoms with Crippen molar-refractivity contribution < 1.29 is 18.0 Å².